The van der Waals surface area contributed by atoms with E-state index in [0.29, 0.717) is 0 Å². The molecule has 0 aromatic carbocycles. The molecule has 9 heavy (non-hydrogen) atoms. The van der Waals surface area contributed by atoms with E-state index in [1.165, 1.54) is 5.01 Å². The molecular formula is C5H9N3O. The Morgan fingerprint density at radius 1 is 1.78 bits per heavy atom. The summed E-state index contributed by atoms with van der Waals surface area (Å²) in [6, 6.07) is 0. The van der Waals surface area contributed by atoms with Gasteiger partial charge in [-0.25, -0.2) is 0 Å². The van der Waals surface area contributed by atoms with E-state index in [-0.39, 0.29) is 5.70 Å². The minimum atomic E-state index is -0.593. The van der Waals surface area contributed by atoms with Crippen LogP contribution in [-0.2, 0) is 4.79 Å². The Kier molecular flexibility index (Phi) is 2.44. The Morgan fingerprint density at radius 3 is 2.33 bits per heavy atom. The first-order valence-electron chi connectivity index (χ1n) is 2.28. The van der Waals surface area contributed by atoms with Crippen LogP contribution in [0.15, 0.2) is 17.4 Å². The number of likely N-dealkylation sites (N-methyl/N-ethyl adjacent to an activating group) is 1. The Hall–Kier alpha value is -1.32. The molecule has 0 heterocycles. The molecular weight excluding hydrogens is 118 g/mol. The van der Waals surface area contributed by atoms with Gasteiger partial charge in [0.15, 0.2) is 0 Å². The Labute approximate surface area is 53.6 Å². The number of amides is 1. The van der Waals surface area contributed by atoms with E-state index < -0.39 is 5.91 Å². The number of rotatable bonds is 3. The predicted molar refractivity (Wildman–Crippen MR) is 35.6 cm³/mol. The lowest BCUT2D eigenvalue weighted by atomic mass is 10.5. The number of hydrazone groups is 1. The van der Waals surface area contributed by atoms with Crippen molar-refractivity contribution in [1.82, 2.24) is 5.01 Å². The topological polar surface area (TPSA) is 58.7 Å². The normalized spacial score (nSPS) is 8.11. The van der Waals surface area contributed by atoms with Crippen LogP contribution in [-0.4, -0.2) is 24.7 Å². The fourth-order valence-corrected chi connectivity index (χ4v) is 0.245. The Balaban J connectivity index is 4.03. The number of nitrogens with two attached hydrogens (primary N) is 1. The molecule has 0 bridgehead atoms. The summed E-state index contributed by atoms with van der Waals surface area (Å²) in [6.45, 7) is 6.51. The molecule has 0 saturated carbocycles. The highest BCUT2D eigenvalue weighted by molar-refractivity contribution is 5.90. The van der Waals surface area contributed by atoms with Crippen molar-refractivity contribution >= 4 is 12.6 Å². The van der Waals surface area contributed by atoms with Crippen molar-refractivity contribution < 1.29 is 4.79 Å². The standard InChI is InChI=1S/C5H9N3O/c1-4(5(6)9)8(3)7-2/h1-2H2,3H3,(H2,6,9). The average molecular weight is 127 g/mol. The van der Waals surface area contributed by atoms with Crippen LogP contribution >= 0.6 is 0 Å². The van der Waals surface area contributed by atoms with Crippen LogP contribution in [0.4, 0.5) is 0 Å². The number of hydrogen-bond donors (Lipinski definition) is 1. The van der Waals surface area contributed by atoms with E-state index in [2.05, 4.69) is 18.4 Å². The first-order valence-corrected chi connectivity index (χ1v) is 2.28. The third-order valence-electron chi connectivity index (χ3n) is 0.887. The van der Waals surface area contributed by atoms with E-state index in [4.69, 9.17) is 5.73 Å². The number of primary amides is 1. The molecule has 0 unspecified atom stereocenters. The maximum Gasteiger partial charge on any atom is 0.266 e. The molecule has 0 aliphatic carbocycles. The van der Waals surface area contributed by atoms with Gasteiger partial charge in [-0.3, -0.25) is 9.80 Å². The maximum atomic E-state index is 10.3. The number of carbonyl (C=O) groups is 1. The molecule has 0 aromatic heterocycles. The molecule has 0 fully saturated rings. The van der Waals surface area contributed by atoms with Gasteiger partial charge in [0, 0.05) is 13.8 Å². The number of carbonyl (C=O) groups excluding carboxylic acids is 1. The van der Waals surface area contributed by atoms with Gasteiger partial charge < -0.3 is 5.73 Å². The van der Waals surface area contributed by atoms with E-state index in [1.54, 1.807) is 7.05 Å². The highest BCUT2D eigenvalue weighted by Crippen LogP contribution is 1.94. The van der Waals surface area contributed by atoms with Crippen LogP contribution in [0.25, 0.3) is 0 Å². The summed E-state index contributed by atoms with van der Waals surface area (Å²) >= 11 is 0. The zero-order valence-electron chi connectivity index (χ0n) is 5.29. The lowest BCUT2D eigenvalue weighted by molar-refractivity contribution is -0.115. The molecule has 0 saturated heterocycles. The van der Waals surface area contributed by atoms with Crippen LogP contribution in [0.1, 0.15) is 0 Å². The van der Waals surface area contributed by atoms with Crippen molar-refractivity contribution in [2.75, 3.05) is 7.05 Å². The first kappa shape index (κ1) is 7.68. The lowest BCUT2D eigenvalue weighted by Gasteiger charge is -2.10. The smallest absolute Gasteiger partial charge is 0.266 e. The lowest BCUT2D eigenvalue weighted by Crippen LogP contribution is -2.23. The zero-order chi connectivity index (χ0) is 7.44. The molecule has 0 aromatic rings. The summed E-state index contributed by atoms with van der Waals surface area (Å²) in [5, 5.41) is 4.60. The van der Waals surface area contributed by atoms with Crippen LogP contribution < -0.4 is 5.73 Å². The second-order valence-corrected chi connectivity index (χ2v) is 1.48. The van der Waals surface area contributed by atoms with Gasteiger partial charge in [0.05, 0.1) is 0 Å². The molecule has 0 radical (unpaired) electrons. The van der Waals surface area contributed by atoms with Gasteiger partial charge in [0.2, 0.25) is 0 Å². The average Bonchev–Trinajstić information content (AvgIpc) is 1.84. The largest absolute Gasteiger partial charge is 0.364 e. The van der Waals surface area contributed by atoms with Gasteiger partial charge >= 0.3 is 0 Å². The van der Waals surface area contributed by atoms with Gasteiger partial charge in [-0.05, 0) is 0 Å². The van der Waals surface area contributed by atoms with Crippen LogP contribution in [0.5, 0.6) is 0 Å². The summed E-state index contributed by atoms with van der Waals surface area (Å²) in [7, 11) is 1.54. The first-order chi connectivity index (χ1) is 4.09. The third-order valence-corrected chi connectivity index (χ3v) is 0.887. The van der Waals surface area contributed by atoms with Crippen molar-refractivity contribution in [3.63, 3.8) is 0 Å². The fraction of sp³-hybridized carbons (Fsp3) is 0.200. The molecule has 4 heteroatoms. The minimum absolute atomic E-state index is 0.130. The molecule has 0 spiro atoms. The fourth-order valence-electron chi connectivity index (χ4n) is 0.245. The van der Waals surface area contributed by atoms with E-state index >= 15 is 0 Å². The second-order valence-electron chi connectivity index (χ2n) is 1.48. The highest BCUT2D eigenvalue weighted by Gasteiger charge is 2.03. The van der Waals surface area contributed by atoms with Gasteiger partial charge in [0.25, 0.3) is 5.91 Å². The third kappa shape index (κ3) is 1.94. The zero-order valence-corrected chi connectivity index (χ0v) is 5.29. The molecule has 0 rings (SSSR count). The van der Waals surface area contributed by atoms with Gasteiger partial charge in [-0.1, -0.05) is 6.58 Å². The summed E-state index contributed by atoms with van der Waals surface area (Å²) < 4.78 is 0. The van der Waals surface area contributed by atoms with Crippen LogP contribution in [0, 0.1) is 0 Å². The van der Waals surface area contributed by atoms with E-state index in [1.807, 2.05) is 0 Å². The van der Waals surface area contributed by atoms with Crippen molar-refractivity contribution in [3.8, 4) is 0 Å². The molecule has 4 nitrogen and oxygen atoms in total. The van der Waals surface area contributed by atoms with E-state index in [9.17, 15) is 4.79 Å². The van der Waals surface area contributed by atoms with Gasteiger partial charge in [0.1, 0.15) is 5.70 Å². The number of hydrogen-bond acceptors (Lipinski definition) is 3. The van der Waals surface area contributed by atoms with Gasteiger partial charge in [-0.2, -0.15) is 5.10 Å². The quantitative estimate of drug-likeness (QED) is 0.316. The highest BCUT2D eigenvalue weighted by atomic mass is 16.1. The summed E-state index contributed by atoms with van der Waals surface area (Å²) in [4.78, 5) is 10.3. The Bertz CT molecular complexity index is 152. The summed E-state index contributed by atoms with van der Waals surface area (Å²) in [5.74, 6) is -0.593. The van der Waals surface area contributed by atoms with Crippen molar-refractivity contribution in [2.24, 2.45) is 10.8 Å². The molecule has 2 N–H and O–H groups in total. The number of nitrogens with zero attached hydrogens (tertiary/aromatic N) is 2. The molecule has 0 atom stereocenters. The monoisotopic (exact) mass is 127 g/mol. The maximum absolute atomic E-state index is 10.3. The van der Waals surface area contributed by atoms with E-state index in [0.717, 1.165) is 0 Å². The summed E-state index contributed by atoms with van der Waals surface area (Å²) in [6.07, 6.45) is 0. The van der Waals surface area contributed by atoms with Crippen LogP contribution in [0.2, 0.25) is 0 Å². The predicted octanol–water partition coefficient (Wildman–Crippen LogP) is -0.467. The summed E-state index contributed by atoms with van der Waals surface area (Å²) in [5.41, 5.74) is 4.97. The minimum Gasteiger partial charge on any atom is -0.364 e. The van der Waals surface area contributed by atoms with Crippen molar-refractivity contribution in [1.29, 1.82) is 0 Å². The molecule has 50 valence electrons. The second kappa shape index (κ2) is 2.86. The molecule has 1 amide bonds. The molecule has 0 aliphatic rings. The SMILES string of the molecule is C=NN(C)C(=C)C(N)=O. The van der Waals surface area contributed by atoms with Gasteiger partial charge in [-0.15, -0.1) is 0 Å². The Morgan fingerprint density at radius 2 is 2.22 bits per heavy atom. The molecule has 0 aliphatic heterocycles. The van der Waals surface area contributed by atoms with Crippen molar-refractivity contribution in [2.45, 2.75) is 0 Å². The van der Waals surface area contributed by atoms with Crippen LogP contribution in [0.3, 0.4) is 0 Å². The van der Waals surface area contributed by atoms with Crippen molar-refractivity contribution in [3.05, 3.63) is 12.3 Å².